The number of carbonyl (C=O) groups is 1. The molecule has 0 aliphatic heterocycles. The molecule has 2 bridgehead atoms. The first kappa shape index (κ1) is 15.0. The molecule has 7 nitrogen and oxygen atoms in total. The second-order valence-electron chi connectivity index (χ2n) is 6.75. The van der Waals surface area contributed by atoms with Crippen LogP contribution in [0.15, 0.2) is 6.20 Å². The first-order chi connectivity index (χ1) is 10.4. The van der Waals surface area contributed by atoms with E-state index in [4.69, 9.17) is 0 Å². The number of nitrogens with one attached hydrogen (secondary N) is 1. The molecule has 0 unspecified atom stereocenters. The molecule has 4 atom stereocenters. The summed E-state index contributed by atoms with van der Waals surface area (Å²) in [6, 6.07) is 0.162. The van der Waals surface area contributed by atoms with Crippen molar-refractivity contribution in [3.8, 4) is 0 Å². The van der Waals surface area contributed by atoms with Gasteiger partial charge in [0.1, 0.15) is 18.4 Å². The van der Waals surface area contributed by atoms with Gasteiger partial charge in [-0.1, -0.05) is 6.42 Å². The summed E-state index contributed by atoms with van der Waals surface area (Å²) in [5, 5.41) is 17.9. The van der Waals surface area contributed by atoms with E-state index in [0.29, 0.717) is 11.6 Å². The first-order valence-electron chi connectivity index (χ1n) is 7.92. The van der Waals surface area contributed by atoms with E-state index in [1.165, 1.54) is 36.6 Å². The fraction of sp³-hybridized carbons (Fsp3) is 0.733. The standard InChI is InChI=1S/C15H22N4O3/c1-9(13-6-11-3-4-12(13)5-11)16-15(20)8-18-7-14(19(21)22)10(2)17-18/h7,9,11-13H,3-6,8H2,1-2H3,(H,16,20)/t9-,11-,12-,13+/m0/s1. The Morgan fingerprint density at radius 3 is 2.86 bits per heavy atom. The summed E-state index contributed by atoms with van der Waals surface area (Å²) in [5.74, 6) is 2.06. The molecule has 7 heteroatoms. The summed E-state index contributed by atoms with van der Waals surface area (Å²) in [6.45, 7) is 3.67. The van der Waals surface area contributed by atoms with Crippen LogP contribution in [0, 0.1) is 34.8 Å². The third-order valence-corrected chi connectivity index (χ3v) is 5.25. The van der Waals surface area contributed by atoms with Crippen molar-refractivity contribution in [3.05, 3.63) is 22.0 Å². The minimum Gasteiger partial charge on any atom is -0.352 e. The Hall–Kier alpha value is -1.92. The molecule has 0 aromatic carbocycles. The van der Waals surface area contributed by atoms with Gasteiger partial charge in [0.2, 0.25) is 5.91 Å². The second-order valence-corrected chi connectivity index (χ2v) is 6.75. The molecule has 1 aromatic rings. The Bertz CT molecular complexity index is 598. The van der Waals surface area contributed by atoms with E-state index in [1.54, 1.807) is 6.92 Å². The number of nitrogens with zero attached hydrogens (tertiary/aromatic N) is 3. The van der Waals surface area contributed by atoms with Gasteiger partial charge in [-0.3, -0.25) is 19.6 Å². The summed E-state index contributed by atoms with van der Waals surface area (Å²) in [6.07, 6.45) is 6.49. The summed E-state index contributed by atoms with van der Waals surface area (Å²) >= 11 is 0. The number of aryl methyl sites for hydroxylation is 1. The van der Waals surface area contributed by atoms with Crippen LogP contribution in [-0.4, -0.2) is 26.7 Å². The average molecular weight is 306 g/mol. The number of amides is 1. The predicted molar refractivity (Wildman–Crippen MR) is 80.2 cm³/mol. The molecule has 0 saturated heterocycles. The molecule has 2 aliphatic carbocycles. The molecule has 0 spiro atoms. The number of nitro groups is 1. The molecule has 2 aliphatic rings. The quantitative estimate of drug-likeness (QED) is 0.666. The van der Waals surface area contributed by atoms with Crippen LogP contribution in [0.25, 0.3) is 0 Å². The number of aromatic nitrogens is 2. The van der Waals surface area contributed by atoms with E-state index in [1.807, 2.05) is 0 Å². The van der Waals surface area contributed by atoms with Crippen molar-refractivity contribution in [2.24, 2.45) is 17.8 Å². The highest BCUT2D eigenvalue weighted by atomic mass is 16.6. The average Bonchev–Trinajstić information content (AvgIpc) is 3.13. The van der Waals surface area contributed by atoms with Crippen molar-refractivity contribution in [1.29, 1.82) is 0 Å². The number of hydrogen-bond acceptors (Lipinski definition) is 4. The normalized spacial score (nSPS) is 27.8. The van der Waals surface area contributed by atoms with Crippen LogP contribution >= 0.6 is 0 Å². The van der Waals surface area contributed by atoms with E-state index in [2.05, 4.69) is 17.3 Å². The van der Waals surface area contributed by atoms with E-state index in [9.17, 15) is 14.9 Å². The molecule has 1 heterocycles. The third kappa shape index (κ3) is 2.84. The highest BCUT2D eigenvalue weighted by Crippen LogP contribution is 2.49. The van der Waals surface area contributed by atoms with E-state index < -0.39 is 4.92 Å². The maximum Gasteiger partial charge on any atom is 0.309 e. The smallest absolute Gasteiger partial charge is 0.309 e. The minimum atomic E-state index is -0.478. The Labute approximate surface area is 129 Å². The van der Waals surface area contributed by atoms with E-state index >= 15 is 0 Å². The van der Waals surface area contributed by atoms with Crippen LogP contribution in [0.5, 0.6) is 0 Å². The molecule has 3 rings (SSSR count). The molecular weight excluding hydrogens is 284 g/mol. The highest BCUT2D eigenvalue weighted by molar-refractivity contribution is 5.76. The first-order valence-corrected chi connectivity index (χ1v) is 7.92. The zero-order valence-electron chi connectivity index (χ0n) is 13.0. The summed E-state index contributed by atoms with van der Waals surface area (Å²) in [7, 11) is 0. The van der Waals surface area contributed by atoms with Crippen molar-refractivity contribution in [2.75, 3.05) is 0 Å². The fourth-order valence-corrected chi connectivity index (χ4v) is 4.23. The van der Waals surface area contributed by atoms with Crippen LogP contribution in [-0.2, 0) is 11.3 Å². The summed E-state index contributed by atoms with van der Waals surface area (Å²) < 4.78 is 1.34. The van der Waals surface area contributed by atoms with Gasteiger partial charge >= 0.3 is 5.69 Å². The van der Waals surface area contributed by atoms with Crippen molar-refractivity contribution in [2.45, 2.75) is 52.1 Å². The van der Waals surface area contributed by atoms with Crippen molar-refractivity contribution in [3.63, 3.8) is 0 Å². The Morgan fingerprint density at radius 1 is 1.55 bits per heavy atom. The van der Waals surface area contributed by atoms with Gasteiger partial charge in [-0.05, 0) is 50.9 Å². The molecule has 1 aromatic heterocycles. The van der Waals surface area contributed by atoms with Crippen molar-refractivity contribution < 1.29 is 9.72 Å². The molecule has 0 radical (unpaired) electrons. The molecular formula is C15H22N4O3. The topological polar surface area (TPSA) is 90.1 Å². The number of fused-ring (bicyclic) bond motifs is 2. The summed E-state index contributed by atoms with van der Waals surface area (Å²) in [4.78, 5) is 22.5. The van der Waals surface area contributed by atoms with Crippen molar-refractivity contribution in [1.82, 2.24) is 15.1 Å². The van der Waals surface area contributed by atoms with Gasteiger partial charge in [0.15, 0.2) is 0 Å². The number of hydrogen-bond donors (Lipinski definition) is 1. The van der Waals surface area contributed by atoms with Crippen LogP contribution in [0.3, 0.4) is 0 Å². The summed E-state index contributed by atoms with van der Waals surface area (Å²) in [5.41, 5.74) is 0.285. The van der Waals surface area contributed by atoms with Gasteiger partial charge in [-0.15, -0.1) is 0 Å². The zero-order valence-corrected chi connectivity index (χ0v) is 13.0. The third-order valence-electron chi connectivity index (χ3n) is 5.25. The maximum atomic E-state index is 12.1. The lowest BCUT2D eigenvalue weighted by Gasteiger charge is -2.28. The largest absolute Gasteiger partial charge is 0.352 e. The molecule has 22 heavy (non-hydrogen) atoms. The van der Waals surface area contributed by atoms with Crippen LogP contribution in [0.4, 0.5) is 5.69 Å². The minimum absolute atomic E-state index is 0.0276. The maximum absolute atomic E-state index is 12.1. The van der Waals surface area contributed by atoms with Crippen LogP contribution in [0.2, 0.25) is 0 Å². The molecule has 120 valence electrons. The van der Waals surface area contributed by atoms with Crippen LogP contribution in [0.1, 0.15) is 38.3 Å². The molecule has 2 saturated carbocycles. The van der Waals surface area contributed by atoms with Gasteiger partial charge in [-0.25, -0.2) is 0 Å². The van der Waals surface area contributed by atoms with E-state index in [-0.39, 0.29) is 24.2 Å². The number of rotatable bonds is 5. The van der Waals surface area contributed by atoms with Gasteiger partial charge < -0.3 is 5.32 Å². The Morgan fingerprint density at radius 2 is 2.32 bits per heavy atom. The molecule has 1 N–H and O–H groups in total. The Kier molecular flexibility index (Phi) is 3.88. The number of carbonyl (C=O) groups excluding carboxylic acids is 1. The lowest BCUT2D eigenvalue weighted by atomic mass is 9.84. The monoisotopic (exact) mass is 306 g/mol. The SMILES string of the molecule is Cc1nn(CC(=O)N[C@@H](C)[C@H]2C[C@H]3CC[C@H]2C3)cc1[N+](=O)[O-]. The Balaban J connectivity index is 1.56. The van der Waals surface area contributed by atoms with E-state index in [0.717, 1.165) is 11.8 Å². The fourth-order valence-electron chi connectivity index (χ4n) is 4.23. The highest BCUT2D eigenvalue weighted by Gasteiger charge is 2.42. The van der Waals surface area contributed by atoms with Gasteiger partial charge in [0.25, 0.3) is 0 Å². The lowest BCUT2D eigenvalue weighted by molar-refractivity contribution is -0.385. The lowest BCUT2D eigenvalue weighted by Crippen LogP contribution is -2.41. The van der Waals surface area contributed by atoms with Crippen molar-refractivity contribution >= 4 is 11.6 Å². The molecule has 1 amide bonds. The van der Waals surface area contributed by atoms with Crippen LogP contribution < -0.4 is 5.32 Å². The van der Waals surface area contributed by atoms with Gasteiger partial charge in [0.05, 0.1) is 4.92 Å². The molecule has 2 fully saturated rings. The van der Waals surface area contributed by atoms with Gasteiger partial charge in [0, 0.05) is 6.04 Å². The second kappa shape index (κ2) is 5.70. The van der Waals surface area contributed by atoms with Gasteiger partial charge in [-0.2, -0.15) is 5.10 Å². The zero-order chi connectivity index (χ0) is 15.9. The predicted octanol–water partition coefficient (Wildman–Crippen LogP) is 2.04.